The number of benzene rings is 3. The van der Waals surface area contributed by atoms with Crippen molar-refractivity contribution in [3.63, 3.8) is 0 Å². The summed E-state index contributed by atoms with van der Waals surface area (Å²) in [6.07, 6.45) is -3.80. The Morgan fingerprint density at radius 3 is 2.42 bits per heavy atom. The van der Waals surface area contributed by atoms with Gasteiger partial charge < -0.3 is 18.7 Å². The van der Waals surface area contributed by atoms with Crippen LogP contribution in [0.25, 0.3) is 22.6 Å². The second-order valence-corrected chi connectivity index (χ2v) is 9.32. The summed E-state index contributed by atoms with van der Waals surface area (Å²) < 4.78 is 55.5. The third-order valence-electron chi connectivity index (χ3n) is 6.37. The first-order valence-electron chi connectivity index (χ1n) is 12.6. The zero-order chi connectivity index (χ0) is 28.3. The molecule has 5 aromatic rings. The van der Waals surface area contributed by atoms with Crippen LogP contribution in [-0.2, 0) is 30.2 Å². The number of fused-ring (bicyclic) bond motifs is 1. The summed E-state index contributed by atoms with van der Waals surface area (Å²) >= 11 is 0. The number of alkyl halides is 3. The van der Waals surface area contributed by atoms with E-state index in [1.54, 1.807) is 18.2 Å². The summed E-state index contributed by atoms with van der Waals surface area (Å²) in [5.41, 5.74) is 2.74. The first-order valence-corrected chi connectivity index (χ1v) is 12.6. The lowest BCUT2D eigenvalue weighted by Crippen LogP contribution is -2.29. The largest absolute Gasteiger partial charge is 0.478 e. The van der Waals surface area contributed by atoms with Crippen molar-refractivity contribution in [3.8, 4) is 17.2 Å². The van der Waals surface area contributed by atoms with Crippen LogP contribution in [0.3, 0.4) is 0 Å². The molecule has 2 aromatic heterocycles. The molecule has 10 heteroatoms. The predicted molar refractivity (Wildman–Crippen MR) is 140 cm³/mol. The van der Waals surface area contributed by atoms with Crippen LogP contribution in [0.15, 0.2) is 81.6 Å². The van der Waals surface area contributed by atoms with Crippen LogP contribution in [0.2, 0.25) is 0 Å². The quantitative estimate of drug-likeness (QED) is 0.199. The maximum Gasteiger partial charge on any atom is 0.416 e. The number of hydrogen-bond donors (Lipinski definition) is 1. The summed E-state index contributed by atoms with van der Waals surface area (Å²) in [6, 6.07) is 18.8. The molecule has 0 fully saturated rings. The second kappa shape index (κ2) is 11.3. The van der Waals surface area contributed by atoms with E-state index < -0.39 is 23.8 Å². The van der Waals surface area contributed by atoms with Crippen LogP contribution < -0.4 is 4.74 Å². The Hall–Kier alpha value is -4.60. The standard InChI is InChI=1S/C30H25F3N2O5/c1-18-23(35-28(38-18)20-6-3-2-4-7-20)8-5-9-27-34-24-16-19(10-15-25(24)40-27)17-26(29(36)37)39-22-13-11-21(12-14-22)30(31,32)33/h2-4,6-7,10-16,26H,5,8-9,17H2,1H3,(H,36,37)/t26-/m1/s1. The van der Waals surface area contributed by atoms with Gasteiger partial charge in [-0.15, -0.1) is 0 Å². The van der Waals surface area contributed by atoms with E-state index in [1.807, 2.05) is 37.3 Å². The molecule has 1 N–H and O–H groups in total. The molecule has 2 heterocycles. The number of hydrogen-bond acceptors (Lipinski definition) is 6. The number of aliphatic carboxylic acids is 1. The van der Waals surface area contributed by atoms with E-state index >= 15 is 0 Å². The van der Waals surface area contributed by atoms with Crippen LogP contribution in [0.1, 0.15) is 34.9 Å². The number of nitrogens with zero attached hydrogens (tertiary/aromatic N) is 2. The van der Waals surface area contributed by atoms with E-state index in [0.29, 0.717) is 41.3 Å². The molecule has 0 unspecified atom stereocenters. The van der Waals surface area contributed by atoms with Gasteiger partial charge in [0.15, 0.2) is 17.6 Å². The Balaban J connectivity index is 1.21. The van der Waals surface area contributed by atoms with Gasteiger partial charge in [-0.1, -0.05) is 24.3 Å². The number of oxazole rings is 2. The Morgan fingerprint density at radius 1 is 0.975 bits per heavy atom. The third kappa shape index (κ3) is 6.33. The molecule has 0 amide bonds. The van der Waals surface area contributed by atoms with Crippen molar-refractivity contribution in [2.45, 2.75) is 44.9 Å². The van der Waals surface area contributed by atoms with Crippen LogP contribution >= 0.6 is 0 Å². The first-order chi connectivity index (χ1) is 19.2. The lowest BCUT2D eigenvalue weighted by molar-refractivity contribution is -0.145. The van der Waals surface area contributed by atoms with Gasteiger partial charge in [-0.3, -0.25) is 0 Å². The predicted octanol–water partition coefficient (Wildman–Crippen LogP) is 7.06. The van der Waals surface area contributed by atoms with Crippen molar-refractivity contribution in [3.05, 3.63) is 101 Å². The number of carboxylic acid groups (broad SMARTS) is 1. The monoisotopic (exact) mass is 550 g/mol. The maximum atomic E-state index is 12.8. The zero-order valence-corrected chi connectivity index (χ0v) is 21.4. The molecule has 0 radical (unpaired) electrons. The average Bonchev–Trinajstić information content (AvgIpc) is 3.51. The third-order valence-corrected chi connectivity index (χ3v) is 6.37. The molecule has 206 valence electrons. The highest BCUT2D eigenvalue weighted by molar-refractivity contribution is 5.75. The van der Waals surface area contributed by atoms with Gasteiger partial charge in [0.2, 0.25) is 5.89 Å². The Labute approximate surface area is 227 Å². The van der Waals surface area contributed by atoms with E-state index in [1.165, 1.54) is 0 Å². The molecule has 5 rings (SSSR count). The molecule has 0 aliphatic rings. The van der Waals surface area contributed by atoms with E-state index in [4.69, 9.17) is 13.6 Å². The van der Waals surface area contributed by atoms with Crippen LogP contribution in [0.5, 0.6) is 5.75 Å². The SMILES string of the molecule is Cc1oc(-c2ccccc2)nc1CCCc1nc2cc(C[C@@H](Oc3ccc(C(F)(F)F)cc3)C(=O)O)ccc2o1. The molecule has 0 spiro atoms. The van der Waals surface area contributed by atoms with Crippen molar-refractivity contribution in [1.29, 1.82) is 0 Å². The van der Waals surface area contributed by atoms with Gasteiger partial charge >= 0.3 is 12.1 Å². The lowest BCUT2D eigenvalue weighted by Gasteiger charge is -2.16. The minimum Gasteiger partial charge on any atom is -0.478 e. The summed E-state index contributed by atoms with van der Waals surface area (Å²) in [5, 5.41) is 9.62. The molecule has 0 bridgehead atoms. The topological polar surface area (TPSA) is 98.6 Å². The highest BCUT2D eigenvalue weighted by Crippen LogP contribution is 2.31. The van der Waals surface area contributed by atoms with Crippen molar-refractivity contribution >= 4 is 17.1 Å². The Morgan fingerprint density at radius 2 is 1.73 bits per heavy atom. The van der Waals surface area contributed by atoms with E-state index in [-0.39, 0.29) is 12.2 Å². The zero-order valence-electron chi connectivity index (χ0n) is 21.4. The molecule has 7 nitrogen and oxygen atoms in total. The highest BCUT2D eigenvalue weighted by atomic mass is 19.4. The molecule has 3 aromatic carbocycles. The summed E-state index contributed by atoms with van der Waals surface area (Å²) in [4.78, 5) is 21.0. The number of aromatic nitrogens is 2. The normalized spacial score (nSPS) is 12.5. The summed E-state index contributed by atoms with van der Waals surface area (Å²) in [5.74, 6) is 0.701. The van der Waals surface area contributed by atoms with Crippen molar-refractivity contribution in [2.75, 3.05) is 0 Å². The van der Waals surface area contributed by atoms with Gasteiger partial charge in [0.25, 0.3) is 0 Å². The fourth-order valence-corrected chi connectivity index (χ4v) is 4.31. The van der Waals surface area contributed by atoms with E-state index in [9.17, 15) is 23.1 Å². The molecule has 0 aliphatic heterocycles. The fourth-order valence-electron chi connectivity index (χ4n) is 4.31. The molecule has 0 saturated heterocycles. The number of carbonyl (C=O) groups is 1. The molecule has 0 aliphatic carbocycles. The molecule has 0 saturated carbocycles. The number of halogens is 3. The minimum absolute atomic E-state index is 0.0102. The van der Waals surface area contributed by atoms with Gasteiger partial charge in [-0.2, -0.15) is 13.2 Å². The Bertz CT molecular complexity index is 1610. The fraction of sp³-hybridized carbons (Fsp3) is 0.233. The van der Waals surface area contributed by atoms with Crippen LogP contribution in [-0.4, -0.2) is 27.1 Å². The van der Waals surface area contributed by atoms with Crippen LogP contribution in [0.4, 0.5) is 13.2 Å². The first kappa shape index (κ1) is 27.0. The summed E-state index contributed by atoms with van der Waals surface area (Å²) in [6.45, 7) is 1.89. The van der Waals surface area contributed by atoms with Crippen molar-refractivity contribution in [1.82, 2.24) is 9.97 Å². The average molecular weight is 551 g/mol. The molecule has 1 atom stereocenters. The highest BCUT2D eigenvalue weighted by Gasteiger charge is 2.30. The lowest BCUT2D eigenvalue weighted by atomic mass is 10.1. The van der Waals surface area contributed by atoms with Gasteiger partial charge in [0.1, 0.15) is 17.0 Å². The smallest absolute Gasteiger partial charge is 0.416 e. The van der Waals surface area contributed by atoms with Gasteiger partial charge in [0, 0.05) is 18.4 Å². The van der Waals surface area contributed by atoms with Crippen molar-refractivity contribution in [2.24, 2.45) is 0 Å². The van der Waals surface area contributed by atoms with E-state index in [2.05, 4.69) is 9.97 Å². The molecular weight excluding hydrogens is 525 g/mol. The number of carboxylic acids is 1. The van der Waals surface area contributed by atoms with Gasteiger partial charge in [-0.05, 0) is 73.9 Å². The van der Waals surface area contributed by atoms with E-state index in [0.717, 1.165) is 47.7 Å². The van der Waals surface area contributed by atoms with Crippen molar-refractivity contribution < 1.29 is 36.6 Å². The van der Waals surface area contributed by atoms with Crippen LogP contribution in [0, 0.1) is 6.92 Å². The van der Waals surface area contributed by atoms with Gasteiger partial charge in [0.05, 0.1) is 11.3 Å². The maximum absolute atomic E-state index is 12.8. The number of rotatable bonds is 10. The second-order valence-electron chi connectivity index (χ2n) is 9.32. The molecule has 40 heavy (non-hydrogen) atoms. The van der Waals surface area contributed by atoms with Gasteiger partial charge in [-0.25, -0.2) is 14.8 Å². The number of aryl methyl sites for hydroxylation is 3. The molecular formula is C30H25F3N2O5. The summed E-state index contributed by atoms with van der Waals surface area (Å²) in [7, 11) is 0. The Kier molecular flexibility index (Phi) is 7.59. The number of ether oxygens (including phenoxy) is 1. The minimum atomic E-state index is -4.49.